The molecule has 7 nitrogen and oxygen atoms in total. The van der Waals surface area contributed by atoms with Crippen molar-refractivity contribution >= 4 is 39.9 Å². The summed E-state index contributed by atoms with van der Waals surface area (Å²) in [4.78, 5) is 39.4. The molecule has 1 atom stereocenters. The highest BCUT2D eigenvalue weighted by atomic mass is 16.5. The number of carbonyl (C=O) groups is 3. The largest absolute Gasteiger partial charge is 0.496 e. The third kappa shape index (κ3) is 3.94. The van der Waals surface area contributed by atoms with Gasteiger partial charge in [0.2, 0.25) is 5.91 Å². The van der Waals surface area contributed by atoms with Gasteiger partial charge in [-0.25, -0.2) is 4.79 Å². The summed E-state index contributed by atoms with van der Waals surface area (Å²) < 4.78 is 10.7. The third-order valence-electron chi connectivity index (χ3n) is 5.28. The Morgan fingerprint density at radius 3 is 2.52 bits per heavy atom. The van der Waals surface area contributed by atoms with Gasteiger partial charge in [-0.2, -0.15) is 0 Å². The first-order valence-electron chi connectivity index (χ1n) is 9.93. The Hall–Kier alpha value is -3.87. The second-order valence-electron chi connectivity index (χ2n) is 7.32. The number of fused-ring (bicyclic) bond motifs is 2. The Labute approximate surface area is 179 Å². The first-order chi connectivity index (χ1) is 15.0. The molecule has 0 aromatic heterocycles. The molecule has 0 radical (unpaired) electrons. The number of nitrogens with one attached hydrogen (secondary N) is 1. The number of rotatable bonds is 4. The minimum Gasteiger partial charge on any atom is -0.496 e. The number of amides is 2. The van der Waals surface area contributed by atoms with Crippen molar-refractivity contribution in [1.82, 2.24) is 0 Å². The number of para-hydroxylation sites is 2. The summed E-state index contributed by atoms with van der Waals surface area (Å²) >= 11 is 0. The molecule has 0 saturated carbocycles. The minimum absolute atomic E-state index is 0.150. The van der Waals surface area contributed by atoms with Gasteiger partial charge in [-0.3, -0.25) is 9.59 Å². The molecule has 0 unspecified atom stereocenters. The van der Waals surface area contributed by atoms with Gasteiger partial charge in [0.25, 0.3) is 5.91 Å². The summed E-state index contributed by atoms with van der Waals surface area (Å²) in [7, 11) is 1.57. The number of carbonyl (C=O) groups excluding carboxylic acids is 3. The Balaban J connectivity index is 1.56. The lowest BCUT2D eigenvalue weighted by Gasteiger charge is -2.27. The standard InChI is InChI=1S/C24H22N2O5/c1-15-13-22(27)25-19-9-5-6-10-20(19)26(15)23(28)14-31-24(29)18-11-12-21(30-2)17-8-4-3-7-16(17)18/h3-12,15H,13-14H2,1-2H3,(H,25,27)/t15-/m1/s1. The topological polar surface area (TPSA) is 84.9 Å². The van der Waals surface area contributed by atoms with Crippen molar-refractivity contribution in [3.05, 3.63) is 66.2 Å². The maximum absolute atomic E-state index is 13.0. The average Bonchev–Trinajstić information content (AvgIpc) is 2.90. The van der Waals surface area contributed by atoms with Crippen molar-refractivity contribution in [2.75, 3.05) is 23.9 Å². The van der Waals surface area contributed by atoms with E-state index in [0.717, 1.165) is 5.39 Å². The van der Waals surface area contributed by atoms with Gasteiger partial charge in [-0.05, 0) is 36.6 Å². The van der Waals surface area contributed by atoms with Gasteiger partial charge in [0.1, 0.15) is 5.75 Å². The summed E-state index contributed by atoms with van der Waals surface area (Å²) in [5.41, 5.74) is 1.49. The maximum Gasteiger partial charge on any atom is 0.339 e. The third-order valence-corrected chi connectivity index (χ3v) is 5.28. The van der Waals surface area contributed by atoms with Gasteiger partial charge in [0.15, 0.2) is 6.61 Å². The lowest BCUT2D eigenvalue weighted by molar-refractivity contribution is -0.122. The fourth-order valence-corrected chi connectivity index (χ4v) is 3.87. The normalized spacial score (nSPS) is 15.6. The van der Waals surface area contributed by atoms with Crippen LogP contribution in [0.25, 0.3) is 10.8 Å². The molecule has 0 spiro atoms. The van der Waals surface area contributed by atoms with Crippen LogP contribution in [0.5, 0.6) is 5.75 Å². The van der Waals surface area contributed by atoms with Crippen LogP contribution in [0.15, 0.2) is 60.7 Å². The molecule has 2 amide bonds. The molecule has 1 heterocycles. The van der Waals surface area contributed by atoms with Crippen LogP contribution in [0.1, 0.15) is 23.7 Å². The lowest BCUT2D eigenvalue weighted by Crippen LogP contribution is -2.41. The van der Waals surface area contributed by atoms with Crippen molar-refractivity contribution in [2.24, 2.45) is 0 Å². The molecule has 4 rings (SSSR count). The van der Waals surface area contributed by atoms with Crippen molar-refractivity contribution in [2.45, 2.75) is 19.4 Å². The van der Waals surface area contributed by atoms with E-state index in [4.69, 9.17) is 9.47 Å². The van der Waals surface area contributed by atoms with Crippen LogP contribution in [0.4, 0.5) is 11.4 Å². The van der Waals surface area contributed by atoms with Gasteiger partial charge in [-0.15, -0.1) is 0 Å². The van der Waals surface area contributed by atoms with E-state index in [1.807, 2.05) is 18.2 Å². The quantitative estimate of drug-likeness (QED) is 0.652. The predicted molar refractivity (Wildman–Crippen MR) is 117 cm³/mol. The number of methoxy groups -OCH3 is 1. The number of hydrogen-bond acceptors (Lipinski definition) is 5. The van der Waals surface area contributed by atoms with E-state index in [-0.39, 0.29) is 18.4 Å². The summed E-state index contributed by atoms with van der Waals surface area (Å²) in [6, 6.07) is 17.4. The molecule has 0 bridgehead atoms. The van der Waals surface area contributed by atoms with Crippen LogP contribution < -0.4 is 15.0 Å². The van der Waals surface area contributed by atoms with Gasteiger partial charge >= 0.3 is 5.97 Å². The molecule has 158 valence electrons. The maximum atomic E-state index is 13.0. The van der Waals surface area contributed by atoms with Crippen LogP contribution in [0.2, 0.25) is 0 Å². The van der Waals surface area contributed by atoms with E-state index < -0.39 is 18.5 Å². The van der Waals surface area contributed by atoms with E-state index in [2.05, 4.69) is 5.32 Å². The Morgan fingerprint density at radius 1 is 1.03 bits per heavy atom. The van der Waals surface area contributed by atoms with E-state index in [0.29, 0.717) is 28.1 Å². The minimum atomic E-state index is -0.600. The average molecular weight is 418 g/mol. The number of hydrogen-bond donors (Lipinski definition) is 1. The highest BCUT2D eigenvalue weighted by Gasteiger charge is 2.30. The molecular weight excluding hydrogens is 396 g/mol. The number of esters is 1. The molecule has 1 N–H and O–H groups in total. The van der Waals surface area contributed by atoms with E-state index in [9.17, 15) is 14.4 Å². The summed E-state index contributed by atoms with van der Waals surface area (Å²) in [5, 5.41) is 4.27. The van der Waals surface area contributed by atoms with Gasteiger partial charge in [0, 0.05) is 17.8 Å². The van der Waals surface area contributed by atoms with Crippen molar-refractivity contribution in [1.29, 1.82) is 0 Å². The fraction of sp³-hybridized carbons (Fsp3) is 0.208. The molecule has 7 heteroatoms. The van der Waals surface area contributed by atoms with Crippen molar-refractivity contribution in [3.63, 3.8) is 0 Å². The predicted octanol–water partition coefficient (Wildman–Crippen LogP) is 3.77. The number of ether oxygens (including phenoxy) is 2. The smallest absolute Gasteiger partial charge is 0.339 e. The highest BCUT2D eigenvalue weighted by Crippen LogP contribution is 2.32. The second-order valence-corrected chi connectivity index (χ2v) is 7.32. The molecule has 3 aromatic carbocycles. The Bertz CT molecular complexity index is 1170. The van der Waals surface area contributed by atoms with Crippen LogP contribution >= 0.6 is 0 Å². The molecule has 1 aliphatic heterocycles. The van der Waals surface area contributed by atoms with Crippen LogP contribution in [0, 0.1) is 0 Å². The number of anilines is 2. The molecule has 1 aliphatic rings. The Morgan fingerprint density at radius 2 is 1.74 bits per heavy atom. The first-order valence-corrected chi connectivity index (χ1v) is 9.93. The number of nitrogens with zero attached hydrogens (tertiary/aromatic N) is 1. The molecule has 31 heavy (non-hydrogen) atoms. The highest BCUT2D eigenvalue weighted by molar-refractivity contribution is 6.08. The van der Waals surface area contributed by atoms with Crippen LogP contribution in [0.3, 0.4) is 0 Å². The Kier molecular flexibility index (Phi) is 5.58. The summed E-state index contributed by atoms with van der Waals surface area (Å²) in [5.74, 6) is -0.521. The van der Waals surface area contributed by atoms with Gasteiger partial charge in [-0.1, -0.05) is 36.4 Å². The van der Waals surface area contributed by atoms with Crippen LogP contribution in [-0.4, -0.2) is 37.5 Å². The molecule has 0 saturated heterocycles. The first kappa shape index (κ1) is 20.4. The summed E-state index contributed by atoms with van der Waals surface area (Å²) in [6.07, 6.45) is 0.150. The SMILES string of the molecule is COc1ccc(C(=O)OCC(=O)N2c3ccccc3NC(=O)C[C@H]2C)c2ccccc12. The second kappa shape index (κ2) is 8.47. The zero-order valence-corrected chi connectivity index (χ0v) is 17.3. The van der Waals surface area contributed by atoms with Gasteiger partial charge < -0.3 is 19.7 Å². The number of benzene rings is 3. The monoisotopic (exact) mass is 418 g/mol. The van der Waals surface area contributed by atoms with E-state index >= 15 is 0 Å². The zero-order chi connectivity index (χ0) is 22.0. The summed E-state index contributed by atoms with van der Waals surface area (Å²) in [6.45, 7) is 1.35. The zero-order valence-electron chi connectivity index (χ0n) is 17.3. The van der Waals surface area contributed by atoms with E-state index in [1.165, 1.54) is 4.90 Å². The van der Waals surface area contributed by atoms with Crippen molar-refractivity contribution in [3.8, 4) is 5.75 Å². The molecule has 3 aromatic rings. The van der Waals surface area contributed by atoms with Crippen LogP contribution in [-0.2, 0) is 14.3 Å². The van der Waals surface area contributed by atoms with Crippen molar-refractivity contribution < 1.29 is 23.9 Å². The molecule has 0 aliphatic carbocycles. The lowest BCUT2D eigenvalue weighted by atomic mass is 10.0. The van der Waals surface area contributed by atoms with Gasteiger partial charge in [0.05, 0.1) is 24.0 Å². The fourth-order valence-electron chi connectivity index (χ4n) is 3.87. The van der Waals surface area contributed by atoms with E-state index in [1.54, 1.807) is 56.5 Å². The molecule has 0 fully saturated rings. The molecular formula is C24H22N2O5.